The van der Waals surface area contributed by atoms with Gasteiger partial charge in [0.1, 0.15) is 5.60 Å². The Bertz CT molecular complexity index is 614. The topological polar surface area (TPSA) is 49.8 Å². The number of hydrogen-bond acceptors (Lipinski definition) is 2. The molecule has 0 bridgehead atoms. The zero-order valence-corrected chi connectivity index (χ0v) is 20.2. The Morgan fingerprint density at radius 2 is 1.16 bits per heavy atom. The van der Waals surface area contributed by atoms with Crippen LogP contribution in [0, 0.1) is 0 Å². The van der Waals surface area contributed by atoms with Gasteiger partial charge in [0.15, 0.2) is 0 Å². The van der Waals surface area contributed by atoms with E-state index in [4.69, 9.17) is 4.74 Å². The molecule has 2 unspecified atom stereocenters. The van der Waals surface area contributed by atoms with Gasteiger partial charge in [-0.2, -0.15) is 0 Å². The molecule has 0 saturated carbocycles. The molecule has 176 valence electrons. The number of rotatable bonds is 19. The SMILES string of the molecule is CCCCCCCCCCCCCCCC1(CCCC)OC1(C(=O)O)c1ccccc1. The predicted octanol–water partition coefficient (Wildman–Crippen LogP) is 8.41. The Labute approximate surface area is 191 Å². The first-order valence-electron chi connectivity index (χ1n) is 13.1. The fourth-order valence-electron chi connectivity index (χ4n) is 5.09. The first-order chi connectivity index (χ1) is 15.1. The van der Waals surface area contributed by atoms with Crippen molar-refractivity contribution in [1.82, 2.24) is 0 Å². The maximum Gasteiger partial charge on any atom is 0.343 e. The normalized spacial score (nSPS) is 22.5. The third-order valence-electron chi connectivity index (χ3n) is 7.05. The van der Waals surface area contributed by atoms with E-state index in [-0.39, 0.29) is 0 Å². The monoisotopic (exact) mass is 430 g/mol. The molecule has 1 N–H and O–H groups in total. The Hall–Kier alpha value is -1.35. The molecule has 1 saturated heterocycles. The van der Waals surface area contributed by atoms with Crippen molar-refractivity contribution in [2.45, 2.75) is 134 Å². The molecule has 3 nitrogen and oxygen atoms in total. The summed E-state index contributed by atoms with van der Waals surface area (Å²) in [6.07, 6.45) is 21.0. The number of aliphatic carboxylic acids is 1. The quantitative estimate of drug-likeness (QED) is 0.177. The van der Waals surface area contributed by atoms with Gasteiger partial charge in [-0.1, -0.05) is 140 Å². The maximum atomic E-state index is 12.3. The summed E-state index contributed by atoms with van der Waals surface area (Å²) < 4.78 is 6.15. The molecule has 3 heteroatoms. The average Bonchev–Trinajstić information content (AvgIpc) is 3.46. The van der Waals surface area contributed by atoms with Crippen molar-refractivity contribution >= 4 is 5.97 Å². The van der Waals surface area contributed by atoms with Crippen LogP contribution in [0.3, 0.4) is 0 Å². The second kappa shape index (κ2) is 13.9. The van der Waals surface area contributed by atoms with Gasteiger partial charge in [0, 0.05) is 0 Å². The number of carboxylic acids is 1. The number of ether oxygens (including phenoxy) is 1. The largest absolute Gasteiger partial charge is 0.479 e. The molecule has 0 radical (unpaired) electrons. The van der Waals surface area contributed by atoms with Crippen LogP contribution in [0.4, 0.5) is 0 Å². The van der Waals surface area contributed by atoms with E-state index in [1.165, 1.54) is 77.0 Å². The zero-order valence-electron chi connectivity index (χ0n) is 20.2. The summed E-state index contributed by atoms with van der Waals surface area (Å²) in [5.74, 6) is -0.829. The van der Waals surface area contributed by atoms with Crippen LogP contribution in [0.15, 0.2) is 30.3 Å². The summed E-state index contributed by atoms with van der Waals surface area (Å²) in [4.78, 5) is 12.3. The van der Waals surface area contributed by atoms with Crippen molar-refractivity contribution in [3.8, 4) is 0 Å². The molecule has 0 spiro atoms. The van der Waals surface area contributed by atoms with Gasteiger partial charge in [-0.3, -0.25) is 0 Å². The van der Waals surface area contributed by atoms with Crippen LogP contribution in [0.1, 0.15) is 129 Å². The van der Waals surface area contributed by atoms with E-state index in [9.17, 15) is 9.90 Å². The fourth-order valence-corrected chi connectivity index (χ4v) is 5.09. The summed E-state index contributed by atoms with van der Waals surface area (Å²) in [5, 5.41) is 10.1. The van der Waals surface area contributed by atoms with Crippen LogP contribution in [0.25, 0.3) is 0 Å². The summed E-state index contributed by atoms with van der Waals surface area (Å²) in [6.45, 7) is 4.43. The molecule has 2 atom stereocenters. The van der Waals surface area contributed by atoms with Crippen LogP contribution >= 0.6 is 0 Å². The highest BCUT2D eigenvalue weighted by atomic mass is 16.7. The lowest BCUT2D eigenvalue weighted by molar-refractivity contribution is -0.143. The van der Waals surface area contributed by atoms with Gasteiger partial charge in [0.05, 0.1) is 0 Å². The second-order valence-electron chi connectivity index (χ2n) is 9.54. The lowest BCUT2D eigenvalue weighted by atomic mass is 9.80. The molecule has 1 aliphatic heterocycles. The molecule has 0 amide bonds. The summed E-state index contributed by atoms with van der Waals surface area (Å²) in [5.41, 5.74) is -0.859. The van der Waals surface area contributed by atoms with E-state index >= 15 is 0 Å². The molecular formula is C28H46O3. The number of unbranched alkanes of at least 4 members (excludes halogenated alkanes) is 13. The van der Waals surface area contributed by atoms with E-state index < -0.39 is 17.2 Å². The molecule has 1 aliphatic rings. The minimum absolute atomic E-state index is 0.520. The van der Waals surface area contributed by atoms with Crippen molar-refractivity contribution in [3.63, 3.8) is 0 Å². The van der Waals surface area contributed by atoms with Gasteiger partial charge in [-0.05, 0) is 18.4 Å². The molecule has 1 aromatic carbocycles. The Morgan fingerprint density at radius 3 is 1.65 bits per heavy atom. The number of hydrogen-bond donors (Lipinski definition) is 1. The third-order valence-corrected chi connectivity index (χ3v) is 7.05. The first-order valence-corrected chi connectivity index (χ1v) is 13.1. The standard InChI is InChI=1S/C28H46O3/c1-3-5-7-8-9-10-11-12-13-14-15-16-20-24-27(23-6-4-2)28(31-27,26(29)30)25-21-18-17-19-22-25/h17-19,21-22H,3-16,20,23-24H2,1-2H3,(H,29,30). The molecule has 1 aromatic rings. The number of carboxylic acid groups (broad SMARTS) is 1. The molecule has 2 rings (SSSR count). The molecule has 0 aliphatic carbocycles. The van der Waals surface area contributed by atoms with Crippen LogP contribution in [0.2, 0.25) is 0 Å². The van der Waals surface area contributed by atoms with Gasteiger partial charge in [-0.25, -0.2) is 4.79 Å². The maximum absolute atomic E-state index is 12.3. The highest BCUT2D eigenvalue weighted by molar-refractivity contribution is 5.85. The van der Waals surface area contributed by atoms with Crippen LogP contribution in [0.5, 0.6) is 0 Å². The highest BCUT2D eigenvalue weighted by Crippen LogP contribution is 2.61. The predicted molar refractivity (Wildman–Crippen MR) is 129 cm³/mol. The molecule has 1 fully saturated rings. The second-order valence-corrected chi connectivity index (χ2v) is 9.54. The number of benzene rings is 1. The van der Waals surface area contributed by atoms with Crippen molar-refractivity contribution in [2.24, 2.45) is 0 Å². The smallest absolute Gasteiger partial charge is 0.343 e. The van der Waals surface area contributed by atoms with Gasteiger partial charge < -0.3 is 9.84 Å². The molecule has 1 heterocycles. The van der Waals surface area contributed by atoms with E-state index in [1.54, 1.807) is 0 Å². The minimum atomic E-state index is -1.14. The van der Waals surface area contributed by atoms with E-state index in [0.717, 1.165) is 37.7 Å². The highest BCUT2D eigenvalue weighted by Gasteiger charge is 2.74. The van der Waals surface area contributed by atoms with Gasteiger partial charge in [-0.15, -0.1) is 0 Å². The number of epoxide rings is 1. The van der Waals surface area contributed by atoms with Crippen molar-refractivity contribution in [1.29, 1.82) is 0 Å². The van der Waals surface area contributed by atoms with E-state index in [2.05, 4.69) is 13.8 Å². The third kappa shape index (κ3) is 7.34. The lowest BCUT2D eigenvalue weighted by Gasteiger charge is -2.18. The van der Waals surface area contributed by atoms with E-state index in [1.807, 2.05) is 30.3 Å². The van der Waals surface area contributed by atoms with Crippen LogP contribution in [-0.2, 0) is 15.1 Å². The zero-order chi connectivity index (χ0) is 22.4. The summed E-state index contributed by atoms with van der Waals surface area (Å²) >= 11 is 0. The van der Waals surface area contributed by atoms with Crippen molar-refractivity contribution in [3.05, 3.63) is 35.9 Å². The van der Waals surface area contributed by atoms with Gasteiger partial charge >= 0.3 is 5.97 Å². The van der Waals surface area contributed by atoms with Crippen LogP contribution in [-0.4, -0.2) is 16.7 Å². The van der Waals surface area contributed by atoms with Gasteiger partial charge in [0.2, 0.25) is 5.60 Å². The molecule has 31 heavy (non-hydrogen) atoms. The average molecular weight is 431 g/mol. The Kier molecular flexibility index (Phi) is 11.6. The Morgan fingerprint density at radius 1 is 0.710 bits per heavy atom. The minimum Gasteiger partial charge on any atom is -0.479 e. The summed E-state index contributed by atoms with van der Waals surface area (Å²) in [7, 11) is 0. The number of carbonyl (C=O) groups is 1. The molecule has 0 aromatic heterocycles. The first kappa shape index (κ1) is 25.9. The van der Waals surface area contributed by atoms with Gasteiger partial charge in [0.25, 0.3) is 0 Å². The van der Waals surface area contributed by atoms with Crippen LogP contribution < -0.4 is 0 Å². The van der Waals surface area contributed by atoms with Crippen molar-refractivity contribution < 1.29 is 14.6 Å². The summed E-state index contributed by atoms with van der Waals surface area (Å²) in [6, 6.07) is 9.58. The van der Waals surface area contributed by atoms with E-state index in [0.29, 0.717) is 0 Å². The molecular weight excluding hydrogens is 384 g/mol. The Balaban J connectivity index is 1.67. The fraction of sp³-hybridized carbons (Fsp3) is 0.750. The van der Waals surface area contributed by atoms with Crippen molar-refractivity contribution in [2.75, 3.05) is 0 Å². The lowest BCUT2D eigenvalue weighted by Crippen LogP contribution is -2.32.